The number of amides is 3. The van der Waals surface area contributed by atoms with Crippen LogP contribution < -0.4 is 16.0 Å². The molecule has 2 aromatic carbocycles. The molecular formula is C26H27ClN6O4S. The molecule has 2 heterocycles. The second kappa shape index (κ2) is 12.1. The van der Waals surface area contributed by atoms with Crippen LogP contribution in [0.15, 0.2) is 54.9 Å². The summed E-state index contributed by atoms with van der Waals surface area (Å²) in [5.41, 5.74) is 7.40. The molecule has 0 saturated carbocycles. The van der Waals surface area contributed by atoms with Crippen LogP contribution in [0.3, 0.4) is 0 Å². The monoisotopic (exact) mass is 554 g/mol. The predicted molar refractivity (Wildman–Crippen MR) is 147 cm³/mol. The molecule has 198 valence electrons. The fourth-order valence-electron chi connectivity index (χ4n) is 4.59. The van der Waals surface area contributed by atoms with Crippen molar-refractivity contribution in [1.29, 1.82) is 0 Å². The molecule has 0 spiro atoms. The molecule has 5 N–H and O–H groups in total. The van der Waals surface area contributed by atoms with Crippen LogP contribution in [-0.4, -0.2) is 49.5 Å². The van der Waals surface area contributed by atoms with Gasteiger partial charge in [0, 0.05) is 17.1 Å². The Morgan fingerprint density at radius 3 is 2.66 bits per heavy atom. The van der Waals surface area contributed by atoms with Crippen LogP contribution in [0.2, 0.25) is 5.02 Å². The SMILES string of the molecule is NC(=O)c1[nH]cnc1N(Cc1ccc(Cl)cc1[C@H]1CCCCCN1C(=O)O)C(=S)NC(=O)c1ccccc1. The summed E-state index contributed by atoms with van der Waals surface area (Å²) in [6.45, 7) is 0.474. The Morgan fingerprint density at radius 2 is 1.95 bits per heavy atom. The minimum Gasteiger partial charge on any atom is -0.465 e. The van der Waals surface area contributed by atoms with Gasteiger partial charge in [0.2, 0.25) is 0 Å². The van der Waals surface area contributed by atoms with E-state index in [9.17, 15) is 19.5 Å². The van der Waals surface area contributed by atoms with Gasteiger partial charge in [-0.05, 0) is 60.5 Å². The molecule has 0 radical (unpaired) electrons. The first-order valence-electron chi connectivity index (χ1n) is 12.0. The Bertz CT molecular complexity index is 1350. The molecule has 1 saturated heterocycles. The Balaban J connectivity index is 1.73. The third kappa shape index (κ3) is 6.12. The number of halogens is 1. The van der Waals surface area contributed by atoms with Crippen molar-refractivity contribution in [2.45, 2.75) is 38.3 Å². The zero-order valence-electron chi connectivity index (χ0n) is 20.4. The Hall–Kier alpha value is -3.96. The lowest BCUT2D eigenvalue weighted by Crippen LogP contribution is -2.43. The van der Waals surface area contributed by atoms with Gasteiger partial charge in [0.05, 0.1) is 18.9 Å². The van der Waals surface area contributed by atoms with E-state index in [4.69, 9.17) is 29.6 Å². The summed E-state index contributed by atoms with van der Waals surface area (Å²) in [5, 5.41) is 13.1. The van der Waals surface area contributed by atoms with E-state index in [0.29, 0.717) is 29.1 Å². The van der Waals surface area contributed by atoms with Crippen molar-refractivity contribution in [3.8, 4) is 0 Å². The lowest BCUT2D eigenvalue weighted by molar-refractivity contribution is 0.0974. The van der Waals surface area contributed by atoms with Gasteiger partial charge in [0.25, 0.3) is 11.8 Å². The van der Waals surface area contributed by atoms with Crippen LogP contribution in [0.5, 0.6) is 0 Å². The molecule has 1 fully saturated rings. The average Bonchev–Trinajstić information content (AvgIpc) is 3.25. The maximum Gasteiger partial charge on any atom is 0.407 e. The van der Waals surface area contributed by atoms with Crippen molar-refractivity contribution >= 4 is 52.7 Å². The van der Waals surface area contributed by atoms with Crippen LogP contribution in [0, 0.1) is 0 Å². The molecule has 38 heavy (non-hydrogen) atoms. The van der Waals surface area contributed by atoms with E-state index in [1.807, 2.05) is 0 Å². The highest BCUT2D eigenvalue weighted by molar-refractivity contribution is 7.80. The standard InChI is InChI=1S/C26H27ClN6O4S/c27-18-11-10-17(19(13-18)20-9-5-2-6-12-32(20)26(36)37)14-33(23-21(22(28)34)29-15-30-23)25(38)31-24(35)16-7-3-1-4-8-16/h1,3-4,7-8,10-11,13,15,20H,2,5-6,9,12,14H2,(H2,28,34)(H,29,30)(H,36,37)(H,31,35,38)/t20-/m1/s1. The molecule has 1 atom stereocenters. The number of nitrogens with zero attached hydrogens (tertiary/aromatic N) is 3. The minimum absolute atomic E-state index is 0.00897. The number of nitrogens with two attached hydrogens (primary N) is 1. The normalized spacial score (nSPS) is 15.4. The zero-order valence-corrected chi connectivity index (χ0v) is 22.0. The van der Waals surface area contributed by atoms with Gasteiger partial charge in [-0.25, -0.2) is 9.78 Å². The maximum absolute atomic E-state index is 12.9. The summed E-state index contributed by atoms with van der Waals surface area (Å²) in [7, 11) is 0. The van der Waals surface area contributed by atoms with Crippen molar-refractivity contribution in [2.24, 2.45) is 5.73 Å². The van der Waals surface area contributed by atoms with E-state index in [1.54, 1.807) is 48.5 Å². The van der Waals surface area contributed by atoms with Gasteiger partial charge in [-0.3, -0.25) is 19.8 Å². The van der Waals surface area contributed by atoms with Crippen LogP contribution in [-0.2, 0) is 6.54 Å². The molecule has 1 aromatic heterocycles. The number of hydrogen-bond acceptors (Lipinski definition) is 5. The van der Waals surface area contributed by atoms with E-state index in [-0.39, 0.29) is 23.2 Å². The van der Waals surface area contributed by atoms with Crippen molar-refractivity contribution < 1.29 is 19.5 Å². The number of imidazole rings is 1. The van der Waals surface area contributed by atoms with Crippen molar-refractivity contribution in [3.63, 3.8) is 0 Å². The Labute approximate surface area is 229 Å². The molecular weight excluding hydrogens is 528 g/mol. The van der Waals surface area contributed by atoms with Gasteiger partial charge >= 0.3 is 6.09 Å². The largest absolute Gasteiger partial charge is 0.465 e. The first kappa shape index (κ1) is 27.1. The van der Waals surface area contributed by atoms with Gasteiger partial charge in [0.15, 0.2) is 10.9 Å². The van der Waals surface area contributed by atoms with E-state index < -0.39 is 23.9 Å². The predicted octanol–water partition coefficient (Wildman–Crippen LogP) is 4.48. The lowest BCUT2D eigenvalue weighted by Gasteiger charge is -2.31. The fourth-order valence-corrected chi connectivity index (χ4v) is 5.02. The van der Waals surface area contributed by atoms with Crippen LogP contribution in [0.25, 0.3) is 0 Å². The number of aromatic nitrogens is 2. The van der Waals surface area contributed by atoms with Crippen molar-refractivity contribution in [2.75, 3.05) is 11.4 Å². The number of hydrogen-bond donors (Lipinski definition) is 4. The number of carbonyl (C=O) groups excluding carboxylic acids is 2. The number of thiocarbonyl (C=S) groups is 1. The number of H-pyrrole nitrogens is 1. The van der Waals surface area contributed by atoms with Gasteiger partial charge in [-0.1, -0.05) is 48.7 Å². The molecule has 3 aromatic rings. The molecule has 0 aliphatic carbocycles. The third-order valence-electron chi connectivity index (χ3n) is 6.42. The number of carboxylic acid groups (broad SMARTS) is 1. The summed E-state index contributed by atoms with van der Waals surface area (Å²) in [5.74, 6) is -1.06. The minimum atomic E-state index is -1.01. The van der Waals surface area contributed by atoms with Crippen molar-refractivity contribution in [1.82, 2.24) is 20.2 Å². The molecule has 0 bridgehead atoms. The average molecular weight is 555 g/mol. The maximum atomic E-state index is 12.9. The number of rotatable bonds is 6. The highest BCUT2D eigenvalue weighted by Crippen LogP contribution is 2.35. The van der Waals surface area contributed by atoms with Gasteiger partial charge in [-0.2, -0.15) is 0 Å². The smallest absolute Gasteiger partial charge is 0.407 e. The van der Waals surface area contributed by atoms with E-state index in [1.165, 1.54) is 16.1 Å². The number of primary amides is 1. The lowest BCUT2D eigenvalue weighted by atomic mass is 9.95. The molecule has 12 heteroatoms. The topological polar surface area (TPSA) is 145 Å². The van der Waals surface area contributed by atoms with Gasteiger partial charge in [-0.15, -0.1) is 0 Å². The summed E-state index contributed by atoms with van der Waals surface area (Å²) in [6.07, 6.45) is 3.49. The number of benzene rings is 2. The number of nitrogens with one attached hydrogen (secondary N) is 2. The quantitative estimate of drug-likeness (QED) is 0.329. The van der Waals surface area contributed by atoms with Crippen LogP contribution in [0.1, 0.15) is 63.7 Å². The van der Waals surface area contributed by atoms with Gasteiger partial charge < -0.3 is 20.7 Å². The second-order valence-corrected chi connectivity index (χ2v) is 9.68. The summed E-state index contributed by atoms with van der Waals surface area (Å²) in [6, 6.07) is 13.4. The Kier molecular flexibility index (Phi) is 8.59. The summed E-state index contributed by atoms with van der Waals surface area (Å²) in [4.78, 5) is 47.0. The van der Waals surface area contributed by atoms with Crippen LogP contribution >= 0.6 is 23.8 Å². The molecule has 10 nitrogen and oxygen atoms in total. The number of carbonyl (C=O) groups is 3. The van der Waals surface area contributed by atoms with Crippen molar-refractivity contribution in [3.05, 3.63) is 82.3 Å². The number of aromatic amines is 1. The summed E-state index contributed by atoms with van der Waals surface area (Å²) < 4.78 is 0. The zero-order chi connectivity index (χ0) is 27.2. The molecule has 4 rings (SSSR count). The summed E-state index contributed by atoms with van der Waals surface area (Å²) >= 11 is 12.0. The van der Waals surface area contributed by atoms with E-state index in [2.05, 4.69) is 15.3 Å². The molecule has 1 aliphatic heterocycles. The first-order chi connectivity index (χ1) is 18.3. The molecule has 1 aliphatic rings. The molecule has 3 amide bonds. The van der Waals surface area contributed by atoms with Crippen LogP contribution in [0.4, 0.5) is 10.6 Å². The highest BCUT2D eigenvalue weighted by atomic mass is 35.5. The second-order valence-electron chi connectivity index (χ2n) is 8.86. The fraction of sp³-hybridized carbons (Fsp3) is 0.269. The van der Waals surface area contributed by atoms with E-state index in [0.717, 1.165) is 24.8 Å². The number of likely N-dealkylation sites (tertiary alicyclic amines) is 1. The third-order valence-corrected chi connectivity index (χ3v) is 6.97. The van der Waals surface area contributed by atoms with Gasteiger partial charge in [0.1, 0.15) is 5.69 Å². The Morgan fingerprint density at radius 1 is 1.18 bits per heavy atom. The highest BCUT2D eigenvalue weighted by Gasteiger charge is 2.30. The van der Waals surface area contributed by atoms with E-state index >= 15 is 0 Å². The first-order valence-corrected chi connectivity index (χ1v) is 12.8. The number of anilines is 1. The molecule has 0 unspecified atom stereocenters.